The summed E-state index contributed by atoms with van der Waals surface area (Å²) < 4.78 is 0. The lowest BCUT2D eigenvalue weighted by Crippen LogP contribution is -2.54. The molecule has 2 unspecified atom stereocenters. The summed E-state index contributed by atoms with van der Waals surface area (Å²) in [5, 5.41) is 7.73. The van der Waals surface area contributed by atoms with Gasteiger partial charge in [0.05, 0.1) is 22.3 Å². The van der Waals surface area contributed by atoms with Crippen LogP contribution in [0.25, 0.3) is 0 Å². The Balaban J connectivity index is 0.966. The predicted molar refractivity (Wildman–Crippen MR) is 177 cm³/mol. The summed E-state index contributed by atoms with van der Waals surface area (Å²) in [5.41, 5.74) is 2.44. The van der Waals surface area contributed by atoms with Crippen molar-refractivity contribution in [3.05, 3.63) is 57.8 Å². The molecular formula is C35H41N7O8. The molecule has 15 heteroatoms. The lowest BCUT2D eigenvalue weighted by molar-refractivity contribution is -0.149. The summed E-state index contributed by atoms with van der Waals surface area (Å²) in [7, 11) is 0. The number of amides is 8. The number of hydrogen-bond acceptors (Lipinski definition) is 11. The number of benzene rings is 1. The Bertz CT molecular complexity index is 1740. The maximum atomic E-state index is 13.4. The highest BCUT2D eigenvalue weighted by Crippen LogP contribution is 2.32. The van der Waals surface area contributed by atoms with Gasteiger partial charge in [-0.05, 0) is 57.7 Å². The number of carbonyl (C=O) groups is 8. The van der Waals surface area contributed by atoms with Crippen LogP contribution in [0.3, 0.4) is 0 Å². The first-order valence-electron chi connectivity index (χ1n) is 17.1. The molecule has 3 N–H and O–H groups in total. The Labute approximate surface area is 289 Å². The Hall–Kier alpha value is -5.02. The second-order valence-corrected chi connectivity index (χ2v) is 13.2. The standard InChI is InChI=1S/C35H41N7O8/c1-3-22-28(34(49)41(32(22)47)24-9-11-26(43)37-30(24)45)20(2)36-13-15-40-18-16-39(17-19-40)14-5-7-21-6-4-8-23-29(21)35(50)42(33(23)48)25-10-12-27(44)38-31(25)46/h3-4,6,8,24-25,36H,5,7,9-19H2,1-2H3,(H,37,43,45)(H,38,44,46)/b22-3+,28-20-. The number of carbonyl (C=O) groups excluding carboxylic acids is 8. The monoisotopic (exact) mass is 687 g/mol. The van der Waals surface area contributed by atoms with E-state index < -0.39 is 59.3 Å². The van der Waals surface area contributed by atoms with E-state index in [9.17, 15) is 38.4 Å². The van der Waals surface area contributed by atoms with Gasteiger partial charge in [-0.15, -0.1) is 0 Å². The summed E-state index contributed by atoms with van der Waals surface area (Å²) in [6.45, 7) is 8.88. The van der Waals surface area contributed by atoms with Gasteiger partial charge in [-0.1, -0.05) is 18.2 Å². The highest BCUT2D eigenvalue weighted by molar-refractivity contribution is 6.26. The van der Waals surface area contributed by atoms with Crippen LogP contribution in [-0.2, 0) is 35.2 Å². The molecule has 4 saturated heterocycles. The molecule has 0 radical (unpaired) electrons. The van der Waals surface area contributed by atoms with E-state index in [0.717, 1.165) is 61.1 Å². The minimum atomic E-state index is -1.01. The van der Waals surface area contributed by atoms with Gasteiger partial charge in [0.2, 0.25) is 23.6 Å². The van der Waals surface area contributed by atoms with Crippen molar-refractivity contribution in [2.45, 2.75) is 64.5 Å². The number of fused-ring (bicyclic) bond motifs is 1. The second-order valence-electron chi connectivity index (χ2n) is 13.2. The highest BCUT2D eigenvalue weighted by atomic mass is 16.2. The summed E-state index contributed by atoms with van der Waals surface area (Å²) in [4.78, 5) is 108. The number of piperazine rings is 1. The maximum Gasteiger partial charge on any atom is 0.264 e. The lowest BCUT2D eigenvalue weighted by Gasteiger charge is -2.34. The quantitative estimate of drug-likeness (QED) is 0.215. The van der Waals surface area contributed by atoms with Crippen LogP contribution in [0.2, 0.25) is 0 Å². The van der Waals surface area contributed by atoms with Gasteiger partial charge >= 0.3 is 0 Å². The Morgan fingerprint density at radius 2 is 1.36 bits per heavy atom. The Morgan fingerprint density at radius 1 is 0.780 bits per heavy atom. The third-order valence-electron chi connectivity index (χ3n) is 10.1. The van der Waals surface area contributed by atoms with Crippen molar-refractivity contribution < 1.29 is 38.4 Å². The zero-order valence-electron chi connectivity index (χ0n) is 28.2. The molecule has 0 bridgehead atoms. The predicted octanol–water partition coefficient (Wildman–Crippen LogP) is -0.378. The smallest absolute Gasteiger partial charge is 0.264 e. The molecule has 50 heavy (non-hydrogen) atoms. The number of rotatable bonds is 10. The van der Waals surface area contributed by atoms with E-state index in [4.69, 9.17) is 0 Å². The zero-order chi connectivity index (χ0) is 35.7. The third-order valence-corrected chi connectivity index (χ3v) is 10.1. The number of nitrogens with one attached hydrogen (secondary N) is 3. The minimum Gasteiger partial charge on any atom is -0.387 e. The van der Waals surface area contributed by atoms with Crippen LogP contribution in [-0.4, -0.2) is 125 Å². The van der Waals surface area contributed by atoms with E-state index in [1.165, 1.54) is 0 Å². The molecule has 6 rings (SSSR count). The molecule has 15 nitrogen and oxygen atoms in total. The third kappa shape index (κ3) is 6.62. The Morgan fingerprint density at radius 3 is 1.94 bits per heavy atom. The van der Waals surface area contributed by atoms with E-state index >= 15 is 0 Å². The van der Waals surface area contributed by atoms with Crippen LogP contribution in [0.4, 0.5) is 0 Å². The van der Waals surface area contributed by atoms with Crippen molar-refractivity contribution in [1.82, 2.24) is 35.6 Å². The first-order valence-corrected chi connectivity index (χ1v) is 17.1. The van der Waals surface area contributed by atoms with Gasteiger partial charge in [0.15, 0.2) is 0 Å². The minimum absolute atomic E-state index is 0.0627. The van der Waals surface area contributed by atoms with Crippen LogP contribution in [0.5, 0.6) is 0 Å². The Kier molecular flexibility index (Phi) is 10.1. The number of aryl methyl sites for hydroxylation is 1. The summed E-state index contributed by atoms with van der Waals surface area (Å²) >= 11 is 0. The van der Waals surface area contributed by atoms with Gasteiger partial charge in [-0.25, -0.2) is 0 Å². The maximum absolute atomic E-state index is 13.4. The molecule has 8 amide bonds. The highest BCUT2D eigenvalue weighted by Gasteiger charge is 2.48. The van der Waals surface area contributed by atoms with Crippen LogP contribution in [0.1, 0.15) is 72.2 Å². The second kappa shape index (κ2) is 14.5. The van der Waals surface area contributed by atoms with Crippen molar-refractivity contribution in [2.24, 2.45) is 0 Å². The van der Waals surface area contributed by atoms with Gasteiger partial charge in [0, 0.05) is 57.8 Å². The number of piperidine rings is 2. The molecule has 5 heterocycles. The zero-order valence-corrected chi connectivity index (χ0v) is 28.2. The average Bonchev–Trinajstić information content (AvgIpc) is 3.49. The first kappa shape index (κ1) is 34.8. The number of imide groups is 4. The summed E-state index contributed by atoms with van der Waals surface area (Å²) in [5.74, 6) is -4.16. The van der Waals surface area contributed by atoms with E-state index in [1.54, 1.807) is 32.1 Å². The molecule has 4 fully saturated rings. The van der Waals surface area contributed by atoms with Crippen LogP contribution in [0.15, 0.2) is 41.1 Å². The fraction of sp³-hybridized carbons (Fsp3) is 0.486. The normalized spacial score (nSPS) is 25.4. The van der Waals surface area contributed by atoms with Crippen molar-refractivity contribution >= 4 is 47.3 Å². The lowest BCUT2D eigenvalue weighted by atomic mass is 9.99. The fourth-order valence-corrected chi connectivity index (χ4v) is 7.42. The number of nitrogens with zero attached hydrogens (tertiary/aromatic N) is 4. The molecule has 0 saturated carbocycles. The van der Waals surface area contributed by atoms with Crippen LogP contribution >= 0.6 is 0 Å². The largest absolute Gasteiger partial charge is 0.387 e. The van der Waals surface area contributed by atoms with E-state index in [0.29, 0.717) is 29.8 Å². The fourth-order valence-electron chi connectivity index (χ4n) is 7.42. The molecule has 5 aliphatic rings. The van der Waals surface area contributed by atoms with Crippen LogP contribution in [0, 0.1) is 0 Å². The molecule has 0 aliphatic carbocycles. The van der Waals surface area contributed by atoms with Gasteiger partial charge in [0.25, 0.3) is 23.6 Å². The van der Waals surface area contributed by atoms with E-state index in [2.05, 4.69) is 25.8 Å². The van der Waals surface area contributed by atoms with Gasteiger partial charge in [-0.2, -0.15) is 0 Å². The molecule has 0 spiro atoms. The molecular weight excluding hydrogens is 646 g/mol. The SMILES string of the molecule is C/C=C1/C(=O)N(C2CCC(=O)NC2=O)C(=O)/C1=C(/C)NCCN1CCN(CCCc2cccc3c2C(=O)N(C2CCC(=O)NC2=O)C3=O)CC1. The number of likely N-dealkylation sites (tertiary alicyclic amines) is 1. The molecule has 5 aliphatic heterocycles. The average molecular weight is 688 g/mol. The molecule has 264 valence electrons. The molecule has 1 aromatic rings. The summed E-state index contributed by atoms with van der Waals surface area (Å²) in [6, 6.07) is 3.21. The molecule has 0 aromatic heterocycles. The number of hydrogen-bond donors (Lipinski definition) is 3. The van der Waals surface area contributed by atoms with Gasteiger partial charge < -0.3 is 10.2 Å². The molecule has 1 aromatic carbocycles. The number of allylic oxidation sites excluding steroid dienone is 2. The van der Waals surface area contributed by atoms with Crippen LogP contribution < -0.4 is 16.0 Å². The summed E-state index contributed by atoms with van der Waals surface area (Å²) in [6.07, 6.45) is 3.31. The van der Waals surface area contributed by atoms with Crippen molar-refractivity contribution in [1.29, 1.82) is 0 Å². The molecule has 2 atom stereocenters. The van der Waals surface area contributed by atoms with Crippen molar-refractivity contribution in [3.8, 4) is 0 Å². The topological polar surface area (TPSA) is 186 Å². The van der Waals surface area contributed by atoms with Gasteiger partial charge in [0.1, 0.15) is 12.1 Å². The van der Waals surface area contributed by atoms with Crippen molar-refractivity contribution in [2.75, 3.05) is 45.8 Å². The first-order chi connectivity index (χ1) is 24.0. The van der Waals surface area contributed by atoms with E-state index in [1.807, 2.05) is 6.07 Å². The van der Waals surface area contributed by atoms with E-state index in [-0.39, 0.29) is 36.8 Å². The van der Waals surface area contributed by atoms with Crippen molar-refractivity contribution in [3.63, 3.8) is 0 Å². The van der Waals surface area contributed by atoms with Gasteiger partial charge in [-0.3, -0.25) is 63.7 Å².